The normalized spacial score (nSPS) is 10.5. The lowest BCUT2D eigenvalue weighted by Crippen LogP contribution is -2.43. The van der Waals surface area contributed by atoms with Crippen LogP contribution in [0.25, 0.3) is 6.08 Å². The lowest BCUT2D eigenvalue weighted by molar-refractivity contribution is -0.142. The number of esters is 3. The summed E-state index contributed by atoms with van der Waals surface area (Å²) in [4.78, 5) is 49.1. The number of hydrogen-bond donors (Lipinski definition) is 1. The molecule has 34 heavy (non-hydrogen) atoms. The van der Waals surface area contributed by atoms with E-state index in [-0.39, 0.29) is 0 Å². The highest BCUT2D eigenvalue weighted by Gasteiger charge is 2.21. The van der Waals surface area contributed by atoms with E-state index in [2.05, 4.69) is 28.1 Å². The Kier molecular flexibility index (Phi) is 11.9. The number of anilines is 1. The van der Waals surface area contributed by atoms with Crippen LogP contribution in [0.5, 0.6) is 0 Å². The summed E-state index contributed by atoms with van der Waals surface area (Å²) in [5.74, 6) is -2.72. The Morgan fingerprint density at radius 1 is 1.03 bits per heavy atom. The highest BCUT2D eigenvalue weighted by Crippen LogP contribution is 2.17. The number of amides is 1. The quantitative estimate of drug-likeness (QED) is 0.161. The van der Waals surface area contributed by atoms with E-state index in [9.17, 15) is 24.4 Å². The molecule has 1 rings (SSSR count). The van der Waals surface area contributed by atoms with Gasteiger partial charge in [0, 0.05) is 30.9 Å². The van der Waals surface area contributed by atoms with Gasteiger partial charge < -0.3 is 24.4 Å². The maximum absolute atomic E-state index is 12.3. The van der Waals surface area contributed by atoms with Gasteiger partial charge in [0.2, 0.25) is 0 Å². The predicted octanol–water partition coefficient (Wildman–Crippen LogP) is 2.52. The number of carbonyl (C=O) groups excluding carboxylic acids is 4. The molecule has 0 aliphatic heterocycles. The molecule has 0 bridgehead atoms. The molecular weight excluding hydrogens is 442 g/mol. The Bertz CT molecular complexity index is 949. The van der Waals surface area contributed by atoms with Gasteiger partial charge in [-0.3, -0.25) is 0 Å². The molecule has 0 heterocycles. The topological polar surface area (TPSA) is 135 Å². The fraction of sp³-hybridized carbons (Fsp3) is 0.292. The van der Waals surface area contributed by atoms with Crippen molar-refractivity contribution in [2.24, 2.45) is 0 Å². The molecule has 1 aromatic rings. The molecule has 1 aromatic carbocycles. The van der Waals surface area contributed by atoms with Crippen molar-refractivity contribution in [2.75, 3.05) is 31.2 Å². The minimum atomic E-state index is -1.22. The second kappa shape index (κ2) is 14.6. The van der Waals surface area contributed by atoms with Crippen LogP contribution in [0, 0.1) is 11.3 Å². The average molecular weight is 469 g/mol. The molecular formula is C24H27N3O7. The molecule has 180 valence electrons. The van der Waals surface area contributed by atoms with Crippen LogP contribution in [0.4, 0.5) is 10.5 Å². The first kappa shape index (κ1) is 27.6. The summed E-state index contributed by atoms with van der Waals surface area (Å²) < 4.78 is 14.3. The minimum Gasteiger partial charge on any atom is -0.460 e. The number of benzene rings is 1. The summed E-state index contributed by atoms with van der Waals surface area (Å²) in [5, 5.41) is 11.6. The molecule has 0 saturated heterocycles. The van der Waals surface area contributed by atoms with Crippen molar-refractivity contribution in [1.29, 1.82) is 5.26 Å². The third-order valence-electron chi connectivity index (χ3n) is 4.37. The Morgan fingerprint density at radius 2 is 1.56 bits per heavy atom. The van der Waals surface area contributed by atoms with Crippen LogP contribution in [-0.2, 0) is 28.6 Å². The molecule has 0 saturated carbocycles. The number of hydrogen-bond acceptors (Lipinski definition) is 9. The molecule has 0 aromatic heterocycles. The smallest absolute Gasteiger partial charge is 0.415 e. The van der Waals surface area contributed by atoms with Crippen LogP contribution in [0.15, 0.2) is 55.1 Å². The van der Waals surface area contributed by atoms with E-state index < -0.39 is 48.8 Å². The second-order valence-electron chi connectivity index (χ2n) is 6.62. The summed E-state index contributed by atoms with van der Waals surface area (Å²) in [6.45, 7) is 11.4. The van der Waals surface area contributed by atoms with E-state index >= 15 is 0 Å². The monoisotopic (exact) mass is 469 g/mol. The van der Waals surface area contributed by atoms with Gasteiger partial charge in [-0.05, 0) is 37.6 Å². The van der Waals surface area contributed by atoms with Crippen LogP contribution in [0.3, 0.4) is 0 Å². The van der Waals surface area contributed by atoms with Gasteiger partial charge in [0.1, 0.15) is 30.9 Å². The highest BCUT2D eigenvalue weighted by molar-refractivity contribution is 6.02. The average Bonchev–Trinajstić information content (AvgIpc) is 2.84. The van der Waals surface area contributed by atoms with E-state index in [0.29, 0.717) is 5.56 Å². The summed E-state index contributed by atoms with van der Waals surface area (Å²) in [7, 11) is 0. The molecule has 0 radical (unpaired) electrons. The number of nitriles is 1. The Balaban J connectivity index is 2.83. The SMILES string of the molecule is C=CC(=O)OCC(COC(=O)C=C)NC(=O)OC(=O)/C(C#N)=C/c1ccc(N(CC)CC)cc1. The first-order valence-corrected chi connectivity index (χ1v) is 10.4. The van der Waals surface area contributed by atoms with E-state index in [0.717, 1.165) is 30.9 Å². The molecule has 0 aliphatic rings. The van der Waals surface area contributed by atoms with E-state index in [1.807, 2.05) is 26.0 Å². The molecule has 1 amide bonds. The van der Waals surface area contributed by atoms with Crippen molar-refractivity contribution in [2.45, 2.75) is 19.9 Å². The summed E-state index contributed by atoms with van der Waals surface area (Å²) >= 11 is 0. The minimum absolute atomic E-state index is 0.390. The predicted molar refractivity (Wildman–Crippen MR) is 124 cm³/mol. The van der Waals surface area contributed by atoms with Gasteiger partial charge in [0.15, 0.2) is 0 Å². The highest BCUT2D eigenvalue weighted by atomic mass is 16.6. The van der Waals surface area contributed by atoms with Gasteiger partial charge in [-0.1, -0.05) is 25.3 Å². The maximum Gasteiger partial charge on any atom is 0.415 e. The third kappa shape index (κ3) is 9.40. The van der Waals surface area contributed by atoms with Crippen LogP contribution in [0.1, 0.15) is 19.4 Å². The van der Waals surface area contributed by atoms with E-state index in [1.165, 1.54) is 6.08 Å². The lowest BCUT2D eigenvalue weighted by atomic mass is 10.1. The van der Waals surface area contributed by atoms with Crippen molar-refractivity contribution in [3.05, 3.63) is 60.7 Å². The maximum atomic E-state index is 12.3. The number of carbonyl (C=O) groups is 4. The summed E-state index contributed by atoms with van der Waals surface area (Å²) in [5.41, 5.74) is 1.15. The van der Waals surface area contributed by atoms with E-state index in [1.54, 1.807) is 18.2 Å². The number of rotatable bonds is 12. The number of nitrogens with zero attached hydrogens (tertiary/aromatic N) is 2. The van der Waals surface area contributed by atoms with Gasteiger partial charge in [-0.15, -0.1) is 0 Å². The van der Waals surface area contributed by atoms with Gasteiger partial charge >= 0.3 is 24.0 Å². The largest absolute Gasteiger partial charge is 0.460 e. The Hall–Kier alpha value is -4.39. The zero-order chi connectivity index (χ0) is 25.5. The summed E-state index contributed by atoms with van der Waals surface area (Å²) in [6, 6.07) is 7.84. The molecule has 0 fully saturated rings. The molecule has 0 atom stereocenters. The number of ether oxygens (including phenoxy) is 3. The van der Waals surface area contributed by atoms with Crippen LogP contribution < -0.4 is 10.2 Å². The molecule has 10 heteroatoms. The zero-order valence-corrected chi connectivity index (χ0v) is 19.1. The molecule has 1 N–H and O–H groups in total. The van der Waals surface area contributed by atoms with E-state index in [4.69, 9.17) is 9.47 Å². The first-order valence-electron chi connectivity index (χ1n) is 10.4. The van der Waals surface area contributed by atoms with Crippen molar-refractivity contribution < 1.29 is 33.4 Å². The van der Waals surface area contributed by atoms with Gasteiger partial charge in [0.05, 0.1) is 0 Å². The van der Waals surface area contributed by atoms with Gasteiger partial charge in [-0.2, -0.15) is 5.26 Å². The fourth-order valence-corrected chi connectivity index (χ4v) is 2.62. The molecule has 0 aliphatic carbocycles. The molecule has 0 spiro atoms. The van der Waals surface area contributed by atoms with Crippen LogP contribution in [-0.4, -0.2) is 56.3 Å². The van der Waals surface area contributed by atoms with Crippen LogP contribution >= 0.6 is 0 Å². The Morgan fingerprint density at radius 3 is 2.00 bits per heavy atom. The van der Waals surface area contributed by atoms with Gasteiger partial charge in [-0.25, -0.2) is 19.2 Å². The van der Waals surface area contributed by atoms with Crippen molar-refractivity contribution in [3.8, 4) is 6.07 Å². The van der Waals surface area contributed by atoms with Crippen molar-refractivity contribution >= 4 is 35.8 Å². The first-order chi connectivity index (χ1) is 16.3. The van der Waals surface area contributed by atoms with Crippen molar-refractivity contribution in [1.82, 2.24) is 5.32 Å². The van der Waals surface area contributed by atoms with Gasteiger partial charge in [0.25, 0.3) is 0 Å². The number of alkyl carbamates (subject to hydrolysis) is 1. The Labute approximate surface area is 198 Å². The molecule has 0 unspecified atom stereocenters. The summed E-state index contributed by atoms with van der Waals surface area (Å²) in [6.07, 6.45) is 1.88. The lowest BCUT2D eigenvalue weighted by Gasteiger charge is -2.20. The molecule has 10 nitrogen and oxygen atoms in total. The third-order valence-corrected chi connectivity index (χ3v) is 4.37. The fourth-order valence-electron chi connectivity index (χ4n) is 2.62. The van der Waals surface area contributed by atoms with Crippen LogP contribution in [0.2, 0.25) is 0 Å². The van der Waals surface area contributed by atoms with Crippen molar-refractivity contribution in [3.63, 3.8) is 0 Å². The standard InChI is InChI=1S/C24H27N3O7/c1-5-21(28)32-15-19(16-33-22(29)6-2)26-24(31)34-23(30)18(14-25)13-17-9-11-20(12-10-17)27(7-3)8-4/h5-6,9-13,19H,1-2,7-8,15-16H2,3-4H3,(H,26,31)/b18-13+. The zero-order valence-electron chi connectivity index (χ0n) is 19.1. The number of nitrogens with one attached hydrogen (secondary N) is 1. The second-order valence-corrected chi connectivity index (χ2v) is 6.62.